The van der Waals surface area contributed by atoms with Gasteiger partial charge in [-0.3, -0.25) is 4.57 Å². The van der Waals surface area contributed by atoms with Crippen molar-refractivity contribution in [2.45, 2.75) is 117 Å². The van der Waals surface area contributed by atoms with E-state index in [0.717, 1.165) is 38.5 Å². The Morgan fingerprint density at radius 1 is 0.750 bits per heavy atom. The van der Waals surface area contributed by atoms with E-state index in [1.54, 1.807) is 13.8 Å². The van der Waals surface area contributed by atoms with Gasteiger partial charge in [0.15, 0.2) is 0 Å². The van der Waals surface area contributed by atoms with Crippen LogP contribution in [0.2, 0.25) is 0 Å². The van der Waals surface area contributed by atoms with Crippen LogP contribution in [0.3, 0.4) is 0 Å². The van der Waals surface area contributed by atoms with Crippen LogP contribution in [0.1, 0.15) is 105 Å². The molecule has 7 nitrogen and oxygen atoms in total. The lowest BCUT2D eigenvalue weighted by Gasteiger charge is -2.18. The molecule has 2 atom stereocenters. The summed E-state index contributed by atoms with van der Waals surface area (Å²) in [6.07, 6.45) is 11.0. The average molecular weight is 421 g/mol. The first kappa shape index (κ1) is 27.1. The fraction of sp³-hybridized carbons (Fsp3) is 0.900. The molecule has 0 aromatic heterocycles. The Morgan fingerprint density at radius 3 is 1.43 bits per heavy atom. The van der Waals surface area contributed by atoms with Gasteiger partial charge < -0.3 is 19.5 Å². The zero-order valence-electron chi connectivity index (χ0n) is 18.2. The molecular formula is C20H41N2O5P. The molecule has 0 saturated carbocycles. The predicted octanol–water partition coefficient (Wildman–Crippen LogP) is 6.57. The van der Waals surface area contributed by atoms with E-state index >= 15 is 0 Å². The molecule has 0 aliphatic heterocycles. The van der Waals surface area contributed by atoms with Gasteiger partial charge in [0.1, 0.15) is 12.2 Å². The molecule has 0 rings (SSSR count). The van der Waals surface area contributed by atoms with Crippen molar-refractivity contribution in [2.75, 3.05) is 0 Å². The van der Waals surface area contributed by atoms with Crippen LogP contribution in [0.25, 0.3) is 0 Å². The van der Waals surface area contributed by atoms with Gasteiger partial charge in [0.05, 0.1) is 11.4 Å². The summed E-state index contributed by atoms with van der Waals surface area (Å²) in [5, 5.41) is 25.0. The molecule has 0 spiro atoms. The molecule has 28 heavy (non-hydrogen) atoms. The highest BCUT2D eigenvalue weighted by molar-refractivity contribution is 7.33. The van der Waals surface area contributed by atoms with Gasteiger partial charge in [-0.1, -0.05) is 75.5 Å². The molecule has 0 amide bonds. The van der Waals surface area contributed by atoms with E-state index in [1.165, 1.54) is 25.7 Å². The van der Waals surface area contributed by atoms with Crippen molar-refractivity contribution in [2.24, 2.45) is 10.3 Å². The Hall–Kier alpha value is -0.910. The Balaban J connectivity index is 4.29. The highest BCUT2D eigenvalue weighted by Crippen LogP contribution is 2.30. The predicted molar refractivity (Wildman–Crippen MR) is 115 cm³/mol. The Kier molecular flexibility index (Phi) is 17.6. The lowest BCUT2D eigenvalue weighted by molar-refractivity contribution is 0.190. The highest BCUT2D eigenvalue weighted by Gasteiger charge is 2.19. The maximum absolute atomic E-state index is 12.2. The summed E-state index contributed by atoms with van der Waals surface area (Å²) in [4.78, 5) is 0. The second-order valence-electron chi connectivity index (χ2n) is 7.28. The number of unbranched alkanes of at least 4 members (excludes halogenated alkanes) is 8. The summed E-state index contributed by atoms with van der Waals surface area (Å²) in [6, 6.07) is 0. The summed E-state index contributed by atoms with van der Waals surface area (Å²) in [5.74, 6) is 0. The summed E-state index contributed by atoms with van der Waals surface area (Å²) < 4.78 is 23.0. The number of oxime groups is 2. The van der Waals surface area contributed by atoms with E-state index in [0.29, 0.717) is 24.3 Å². The molecule has 0 bridgehead atoms. The van der Waals surface area contributed by atoms with Gasteiger partial charge in [-0.05, 0) is 39.5 Å². The van der Waals surface area contributed by atoms with E-state index in [9.17, 15) is 15.0 Å². The normalized spacial score (nSPS) is 16.1. The molecule has 0 aromatic carbocycles. The first-order valence-corrected chi connectivity index (χ1v) is 12.0. The Bertz CT molecular complexity index is 432. The van der Waals surface area contributed by atoms with Crippen LogP contribution in [0.4, 0.5) is 0 Å². The number of nitrogens with zero attached hydrogens (tertiary/aromatic N) is 2. The first-order chi connectivity index (χ1) is 13.5. The van der Waals surface area contributed by atoms with E-state index < -0.39 is 20.5 Å². The third kappa shape index (κ3) is 13.3. The first-order valence-electron chi connectivity index (χ1n) is 10.8. The van der Waals surface area contributed by atoms with Crippen LogP contribution in [0.5, 0.6) is 0 Å². The van der Waals surface area contributed by atoms with Crippen molar-refractivity contribution >= 4 is 19.7 Å². The molecular weight excluding hydrogens is 379 g/mol. The number of hydrogen-bond donors (Lipinski definition) is 2. The number of hydrogen-bond acceptors (Lipinski definition) is 7. The van der Waals surface area contributed by atoms with Gasteiger partial charge >= 0.3 is 8.25 Å². The molecule has 0 aliphatic rings. The summed E-state index contributed by atoms with van der Waals surface area (Å²) in [5.41, 5.74) is 0.941. The fourth-order valence-corrected chi connectivity index (χ4v) is 3.85. The third-order valence-corrected chi connectivity index (χ3v) is 5.91. The highest BCUT2D eigenvalue weighted by atomic mass is 31.1. The van der Waals surface area contributed by atoms with E-state index in [4.69, 9.17) is 9.05 Å². The van der Waals surface area contributed by atoms with Crippen molar-refractivity contribution in [3.05, 3.63) is 0 Å². The quantitative estimate of drug-likeness (QED) is 0.0859. The monoisotopic (exact) mass is 420 g/mol. The average Bonchev–Trinajstić information content (AvgIpc) is 2.67. The molecule has 166 valence electrons. The summed E-state index contributed by atoms with van der Waals surface area (Å²) in [7, 11) is -2.81. The van der Waals surface area contributed by atoms with Crippen LogP contribution >= 0.6 is 8.25 Å². The second kappa shape index (κ2) is 18.1. The van der Waals surface area contributed by atoms with Gasteiger partial charge in [0.2, 0.25) is 0 Å². The van der Waals surface area contributed by atoms with Crippen LogP contribution in [0, 0.1) is 0 Å². The third-order valence-electron chi connectivity index (χ3n) is 4.81. The maximum atomic E-state index is 12.2. The van der Waals surface area contributed by atoms with Crippen LogP contribution in [-0.2, 0) is 13.6 Å². The zero-order chi connectivity index (χ0) is 21.2. The second-order valence-corrected chi connectivity index (χ2v) is 8.25. The minimum atomic E-state index is -2.81. The molecule has 0 heterocycles. The summed E-state index contributed by atoms with van der Waals surface area (Å²) in [6.45, 7) is 7.72. The molecule has 0 saturated heterocycles. The zero-order valence-corrected chi connectivity index (χ0v) is 19.2. The van der Waals surface area contributed by atoms with Gasteiger partial charge in [-0.2, -0.15) is 0 Å². The van der Waals surface area contributed by atoms with Crippen molar-refractivity contribution in [1.29, 1.82) is 0 Å². The van der Waals surface area contributed by atoms with Gasteiger partial charge in [0, 0.05) is 0 Å². The maximum Gasteiger partial charge on any atom is 0.320 e. The Labute approximate surface area is 171 Å². The topological polar surface area (TPSA) is 101 Å². The van der Waals surface area contributed by atoms with Crippen molar-refractivity contribution in [1.82, 2.24) is 0 Å². The lowest BCUT2D eigenvalue weighted by Crippen LogP contribution is -2.21. The van der Waals surface area contributed by atoms with E-state index in [1.807, 2.05) is 0 Å². The number of rotatable bonds is 18. The molecule has 8 heteroatoms. The van der Waals surface area contributed by atoms with Gasteiger partial charge in [-0.15, -0.1) is 0 Å². The van der Waals surface area contributed by atoms with E-state index in [2.05, 4.69) is 24.2 Å². The lowest BCUT2D eigenvalue weighted by atomic mass is 10.1. The minimum Gasteiger partial charge on any atom is -0.411 e. The minimum absolute atomic E-state index is 0.470. The molecule has 0 radical (unpaired) electrons. The molecule has 2 N–H and O–H groups in total. The molecule has 0 fully saturated rings. The SMILES string of the molecule is CCCCCCCC(=NO)C(C)O[PH](=O)OC(C)C(CCCCCCC)=NO. The van der Waals surface area contributed by atoms with Gasteiger partial charge in [-0.25, -0.2) is 0 Å². The Morgan fingerprint density at radius 2 is 1.11 bits per heavy atom. The standard InChI is InChI=1S/C20H41N2O5P/c1-5-7-9-11-13-15-19(21-23)17(3)26-28(25)27-18(4)20(22-24)16-14-12-10-8-6-2/h17-18,23-24,28H,5-16H2,1-4H3. The summed E-state index contributed by atoms with van der Waals surface area (Å²) >= 11 is 0. The molecule has 0 aromatic rings. The molecule has 0 aliphatic carbocycles. The van der Waals surface area contributed by atoms with Crippen LogP contribution < -0.4 is 0 Å². The largest absolute Gasteiger partial charge is 0.411 e. The van der Waals surface area contributed by atoms with Crippen molar-refractivity contribution in [3.63, 3.8) is 0 Å². The van der Waals surface area contributed by atoms with Crippen LogP contribution in [-0.4, -0.2) is 34.0 Å². The van der Waals surface area contributed by atoms with E-state index in [-0.39, 0.29) is 0 Å². The smallest absolute Gasteiger partial charge is 0.320 e. The van der Waals surface area contributed by atoms with Crippen molar-refractivity contribution in [3.8, 4) is 0 Å². The van der Waals surface area contributed by atoms with Gasteiger partial charge in [0.25, 0.3) is 0 Å². The molecule has 2 unspecified atom stereocenters. The fourth-order valence-electron chi connectivity index (χ4n) is 2.94. The van der Waals surface area contributed by atoms with Crippen LogP contribution in [0.15, 0.2) is 10.3 Å². The van der Waals surface area contributed by atoms with Crippen molar-refractivity contribution < 1.29 is 24.0 Å².